The van der Waals surface area contributed by atoms with E-state index in [9.17, 15) is 19.8 Å². The molecule has 0 atom stereocenters. The number of hydrogen-bond acceptors (Lipinski definition) is 4. The molecule has 4 nitrogen and oxygen atoms in total. The Morgan fingerprint density at radius 2 is 1.70 bits per heavy atom. The normalized spacial score (nSPS) is 13.8. The van der Waals surface area contributed by atoms with Crippen LogP contribution in [0, 0.1) is 6.42 Å². The summed E-state index contributed by atoms with van der Waals surface area (Å²) in [5.41, 5.74) is 1.09. The first-order chi connectivity index (χ1) is 9.41. The second-order valence-electron chi connectivity index (χ2n) is 4.87. The maximum absolute atomic E-state index is 12.3. The van der Waals surface area contributed by atoms with Crippen LogP contribution in [-0.2, 0) is 0 Å². The molecule has 1 aliphatic carbocycles. The van der Waals surface area contributed by atoms with E-state index in [0.29, 0.717) is 6.42 Å². The molecule has 0 saturated heterocycles. The first kappa shape index (κ1) is 14.1. The molecule has 0 saturated carbocycles. The van der Waals surface area contributed by atoms with Gasteiger partial charge in [0, 0.05) is 5.57 Å². The molecular formula is C16H15O4. The Kier molecular flexibility index (Phi) is 3.74. The third-order valence-electron chi connectivity index (χ3n) is 3.05. The molecule has 2 N–H and O–H groups in total. The lowest BCUT2D eigenvalue weighted by Crippen LogP contribution is -2.17. The molecule has 0 unspecified atom stereocenters. The number of aromatic hydroxyl groups is 2. The first-order valence-corrected chi connectivity index (χ1v) is 6.24. The van der Waals surface area contributed by atoms with Crippen molar-refractivity contribution in [2.75, 3.05) is 0 Å². The molecule has 0 bridgehead atoms. The number of carbonyl (C=O) groups excluding carboxylic acids is 2. The Hall–Kier alpha value is -2.36. The number of Topliss-reactive ketones (excluding diaryl/α,β-unsaturated/α-hetero) is 1. The Morgan fingerprint density at radius 3 is 2.30 bits per heavy atom. The van der Waals surface area contributed by atoms with Gasteiger partial charge in [0.05, 0.1) is 11.1 Å². The maximum Gasteiger partial charge on any atom is 0.194 e. The molecule has 1 radical (unpaired) electrons. The average molecular weight is 271 g/mol. The van der Waals surface area contributed by atoms with Crippen LogP contribution in [0.1, 0.15) is 41.0 Å². The summed E-state index contributed by atoms with van der Waals surface area (Å²) < 4.78 is 0. The summed E-state index contributed by atoms with van der Waals surface area (Å²) in [4.78, 5) is 24.2. The standard InChI is InChI=1S/C16H15O4/c1-9(2)4-3-5-10-8-13(19)14-11(17)6-7-12(18)15(14)16(10)20/h4-8,17-18H,3H2,1-2H3. The lowest BCUT2D eigenvalue weighted by molar-refractivity contribution is 0.0980. The number of hydrogen-bond donors (Lipinski definition) is 2. The molecule has 0 amide bonds. The fourth-order valence-electron chi connectivity index (χ4n) is 2.06. The number of rotatable bonds is 3. The molecule has 0 aromatic heterocycles. The molecule has 0 spiro atoms. The van der Waals surface area contributed by atoms with Crippen molar-refractivity contribution in [3.63, 3.8) is 0 Å². The van der Waals surface area contributed by atoms with E-state index < -0.39 is 11.6 Å². The van der Waals surface area contributed by atoms with Gasteiger partial charge in [-0.15, -0.1) is 0 Å². The minimum absolute atomic E-state index is 0.124. The van der Waals surface area contributed by atoms with Crippen LogP contribution in [0.3, 0.4) is 0 Å². The van der Waals surface area contributed by atoms with Gasteiger partial charge < -0.3 is 10.2 Å². The molecule has 0 heterocycles. The number of carbonyl (C=O) groups is 2. The van der Waals surface area contributed by atoms with E-state index in [-0.39, 0.29) is 28.2 Å². The summed E-state index contributed by atoms with van der Waals surface area (Å²) in [6.45, 7) is 3.88. The third kappa shape index (κ3) is 2.50. The predicted octanol–water partition coefficient (Wildman–Crippen LogP) is 2.96. The van der Waals surface area contributed by atoms with Gasteiger partial charge in [0.1, 0.15) is 11.5 Å². The van der Waals surface area contributed by atoms with Crippen molar-refractivity contribution in [3.05, 3.63) is 53.0 Å². The molecule has 1 aromatic carbocycles. The highest BCUT2D eigenvalue weighted by atomic mass is 16.3. The van der Waals surface area contributed by atoms with Crippen LogP contribution >= 0.6 is 0 Å². The van der Waals surface area contributed by atoms with Crippen LogP contribution in [0.5, 0.6) is 11.5 Å². The van der Waals surface area contributed by atoms with Crippen molar-refractivity contribution < 1.29 is 19.8 Å². The van der Waals surface area contributed by atoms with Crippen molar-refractivity contribution in [1.29, 1.82) is 0 Å². The number of phenolic OH excluding ortho intramolecular Hbond substituents is 2. The van der Waals surface area contributed by atoms with Crippen LogP contribution in [0.15, 0.2) is 35.4 Å². The fourth-order valence-corrected chi connectivity index (χ4v) is 2.06. The molecule has 0 aliphatic heterocycles. The largest absolute Gasteiger partial charge is 0.507 e. The Balaban J connectivity index is 2.38. The highest BCUT2D eigenvalue weighted by Gasteiger charge is 2.30. The molecule has 1 aliphatic rings. The minimum atomic E-state index is -0.476. The SMILES string of the molecule is CC(C)=CC[CH]C1=CC(=O)c2c(O)ccc(O)c2C1=O. The smallest absolute Gasteiger partial charge is 0.194 e. The van der Waals surface area contributed by atoms with Crippen LogP contribution in [0.2, 0.25) is 0 Å². The van der Waals surface area contributed by atoms with Crippen LogP contribution in [-0.4, -0.2) is 21.8 Å². The zero-order valence-corrected chi connectivity index (χ0v) is 11.3. The van der Waals surface area contributed by atoms with Gasteiger partial charge >= 0.3 is 0 Å². The van der Waals surface area contributed by atoms with E-state index in [2.05, 4.69) is 0 Å². The van der Waals surface area contributed by atoms with E-state index in [0.717, 1.165) is 5.57 Å². The summed E-state index contributed by atoms with van der Waals surface area (Å²) in [6.07, 6.45) is 5.29. The van der Waals surface area contributed by atoms with Gasteiger partial charge in [0.25, 0.3) is 0 Å². The third-order valence-corrected chi connectivity index (χ3v) is 3.05. The molecule has 4 heteroatoms. The van der Waals surface area contributed by atoms with Gasteiger partial charge in [0.15, 0.2) is 11.6 Å². The van der Waals surface area contributed by atoms with Crippen LogP contribution in [0.25, 0.3) is 0 Å². The number of ketones is 2. The number of benzene rings is 1. The summed E-state index contributed by atoms with van der Waals surface area (Å²) >= 11 is 0. The van der Waals surface area contributed by atoms with Gasteiger partial charge in [-0.1, -0.05) is 11.6 Å². The molecule has 103 valence electrons. The van der Waals surface area contributed by atoms with Gasteiger partial charge in [0.2, 0.25) is 0 Å². The second kappa shape index (κ2) is 5.33. The van der Waals surface area contributed by atoms with Crippen LogP contribution < -0.4 is 0 Å². The molecule has 20 heavy (non-hydrogen) atoms. The minimum Gasteiger partial charge on any atom is -0.507 e. The van der Waals surface area contributed by atoms with Gasteiger partial charge in [-0.25, -0.2) is 0 Å². The van der Waals surface area contributed by atoms with Crippen molar-refractivity contribution in [1.82, 2.24) is 0 Å². The van der Waals surface area contributed by atoms with Crippen molar-refractivity contribution >= 4 is 11.6 Å². The Morgan fingerprint density at radius 1 is 1.10 bits per heavy atom. The van der Waals surface area contributed by atoms with E-state index in [4.69, 9.17) is 0 Å². The Bertz CT molecular complexity index is 647. The highest BCUT2D eigenvalue weighted by Crippen LogP contribution is 2.35. The predicted molar refractivity (Wildman–Crippen MR) is 74.9 cm³/mol. The topological polar surface area (TPSA) is 74.6 Å². The second-order valence-corrected chi connectivity index (χ2v) is 4.87. The van der Waals surface area contributed by atoms with Crippen molar-refractivity contribution in [2.24, 2.45) is 0 Å². The van der Waals surface area contributed by atoms with Gasteiger partial charge in [-0.3, -0.25) is 9.59 Å². The monoisotopic (exact) mass is 271 g/mol. The zero-order chi connectivity index (χ0) is 14.9. The number of allylic oxidation sites excluding steroid dienone is 4. The molecule has 2 rings (SSSR count). The summed E-state index contributed by atoms with van der Waals surface area (Å²) in [6, 6.07) is 2.41. The molecule has 1 aromatic rings. The van der Waals surface area contributed by atoms with E-state index in [1.54, 1.807) is 6.42 Å². The summed E-state index contributed by atoms with van der Waals surface area (Å²) in [7, 11) is 0. The Labute approximate surface area is 117 Å². The number of fused-ring (bicyclic) bond motifs is 1. The van der Waals surface area contributed by atoms with E-state index in [1.165, 1.54) is 18.2 Å². The van der Waals surface area contributed by atoms with Crippen molar-refractivity contribution in [2.45, 2.75) is 20.3 Å². The maximum atomic E-state index is 12.3. The summed E-state index contributed by atoms with van der Waals surface area (Å²) in [5, 5.41) is 19.4. The van der Waals surface area contributed by atoms with E-state index in [1.807, 2.05) is 19.9 Å². The highest BCUT2D eigenvalue weighted by molar-refractivity contribution is 6.27. The van der Waals surface area contributed by atoms with Crippen molar-refractivity contribution in [3.8, 4) is 11.5 Å². The molecule has 0 fully saturated rings. The lowest BCUT2D eigenvalue weighted by Gasteiger charge is -2.16. The van der Waals surface area contributed by atoms with Crippen LogP contribution in [0.4, 0.5) is 0 Å². The fraction of sp³-hybridized carbons (Fsp3) is 0.188. The number of phenols is 2. The van der Waals surface area contributed by atoms with Gasteiger partial charge in [-0.05, 0) is 44.9 Å². The quantitative estimate of drug-likeness (QED) is 0.654. The summed E-state index contributed by atoms with van der Waals surface area (Å²) in [5.74, 6) is -1.51. The lowest BCUT2D eigenvalue weighted by atomic mass is 9.86. The zero-order valence-electron chi connectivity index (χ0n) is 11.3. The first-order valence-electron chi connectivity index (χ1n) is 6.24. The average Bonchev–Trinajstić information content (AvgIpc) is 2.37. The molecular weight excluding hydrogens is 256 g/mol. The van der Waals surface area contributed by atoms with Gasteiger partial charge in [-0.2, -0.15) is 0 Å². The van der Waals surface area contributed by atoms with E-state index >= 15 is 0 Å².